The minimum atomic E-state index is -0.973. The second kappa shape index (κ2) is 8.24. The number of hydrogen-bond acceptors (Lipinski definition) is 2. The summed E-state index contributed by atoms with van der Waals surface area (Å²) in [6, 6.07) is 13.7. The van der Waals surface area contributed by atoms with Crippen molar-refractivity contribution in [2.45, 2.75) is 57.3 Å². The van der Waals surface area contributed by atoms with Crippen molar-refractivity contribution in [3.63, 3.8) is 0 Å². The Morgan fingerprint density at radius 2 is 1.79 bits per heavy atom. The maximum Gasteiger partial charge on any atom is 0.311 e. The first-order valence-corrected chi connectivity index (χ1v) is 10.5. The second-order valence-corrected chi connectivity index (χ2v) is 8.27. The molecule has 0 spiro atoms. The molecule has 29 heavy (non-hydrogen) atoms. The highest BCUT2D eigenvalue weighted by atomic mass is 16.4. The molecule has 0 amide bonds. The number of Topliss-reactive ketones (excluding diaryl/α,β-unsaturated/α-hetero) is 1. The Morgan fingerprint density at radius 3 is 2.48 bits per heavy atom. The fourth-order valence-corrected chi connectivity index (χ4v) is 4.55. The van der Waals surface area contributed by atoms with Crippen LogP contribution in [0.25, 0.3) is 10.9 Å². The third-order valence-electron chi connectivity index (χ3n) is 6.24. The standard InChI is InChI=1S/C25H27NO3/c1-16-7-12-23-20(13-16)22(15-26-23)21(25(28)29)14-24(27)19-10-8-18(9-11-19)17-5-3-2-4-6-17/h7-13,15,17,21,26H,2-6,14H2,1H3,(H,28,29). The van der Waals surface area contributed by atoms with Crippen LogP contribution < -0.4 is 0 Å². The van der Waals surface area contributed by atoms with E-state index in [1.807, 2.05) is 49.4 Å². The molecule has 0 saturated heterocycles. The van der Waals surface area contributed by atoms with Gasteiger partial charge in [0.1, 0.15) is 0 Å². The number of fused-ring (bicyclic) bond motifs is 1. The third kappa shape index (κ3) is 4.12. The van der Waals surface area contributed by atoms with E-state index in [9.17, 15) is 14.7 Å². The van der Waals surface area contributed by atoms with Gasteiger partial charge in [-0.1, -0.05) is 55.2 Å². The van der Waals surface area contributed by atoms with E-state index in [0.29, 0.717) is 17.0 Å². The van der Waals surface area contributed by atoms with Crippen molar-refractivity contribution in [2.75, 3.05) is 0 Å². The van der Waals surface area contributed by atoms with Crippen LogP contribution in [0.5, 0.6) is 0 Å². The first-order chi connectivity index (χ1) is 14.0. The van der Waals surface area contributed by atoms with Crippen LogP contribution >= 0.6 is 0 Å². The first kappa shape index (κ1) is 19.4. The summed E-state index contributed by atoms with van der Waals surface area (Å²) < 4.78 is 0. The molecule has 1 aliphatic rings. The van der Waals surface area contributed by atoms with Crippen LogP contribution in [0.15, 0.2) is 48.7 Å². The van der Waals surface area contributed by atoms with Gasteiger partial charge in [0.2, 0.25) is 0 Å². The number of rotatable bonds is 6. The highest BCUT2D eigenvalue weighted by molar-refractivity contribution is 6.00. The van der Waals surface area contributed by atoms with Gasteiger partial charge < -0.3 is 10.1 Å². The zero-order valence-electron chi connectivity index (χ0n) is 16.8. The number of benzene rings is 2. The largest absolute Gasteiger partial charge is 0.481 e. The molecule has 1 heterocycles. The molecular weight excluding hydrogens is 362 g/mol. The van der Waals surface area contributed by atoms with Crippen molar-refractivity contribution in [2.24, 2.45) is 0 Å². The number of aromatic amines is 1. The lowest BCUT2D eigenvalue weighted by Crippen LogP contribution is -2.16. The van der Waals surface area contributed by atoms with Crippen LogP contribution in [0.4, 0.5) is 0 Å². The molecule has 1 fully saturated rings. The van der Waals surface area contributed by atoms with E-state index in [4.69, 9.17) is 0 Å². The number of hydrogen-bond donors (Lipinski definition) is 2. The molecule has 0 aliphatic heterocycles. The Balaban J connectivity index is 1.54. The molecule has 0 radical (unpaired) electrons. The lowest BCUT2D eigenvalue weighted by Gasteiger charge is -2.22. The molecular formula is C25H27NO3. The Kier molecular flexibility index (Phi) is 5.52. The fourth-order valence-electron chi connectivity index (χ4n) is 4.55. The molecule has 1 unspecified atom stereocenters. The molecule has 4 rings (SSSR count). The number of aromatic nitrogens is 1. The van der Waals surface area contributed by atoms with Gasteiger partial charge in [0.15, 0.2) is 5.78 Å². The maximum absolute atomic E-state index is 12.9. The summed E-state index contributed by atoms with van der Waals surface area (Å²) in [7, 11) is 0. The van der Waals surface area contributed by atoms with Crippen LogP contribution in [-0.2, 0) is 4.79 Å². The van der Waals surface area contributed by atoms with E-state index in [1.165, 1.54) is 37.7 Å². The number of carboxylic acids is 1. The maximum atomic E-state index is 12.9. The van der Waals surface area contributed by atoms with E-state index < -0.39 is 11.9 Å². The second-order valence-electron chi connectivity index (χ2n) is 8.27. The van der Waals surface area contributed by atoms with Gasteiger partial charge in [-0.25, -0.2) is 0 Å². The molecule has 1 aromatic heterocycles. The van der Waals surface area contributed by atoms with Crippen LogP contribution in [-0.4, -0.2) is 21.8 Å². The van der Waals surface area contributed by atoms with Crippen LogP contribution in [0.2, 0.25) is 0 Å². The number of carbonyl (C=O) groups is 2. The Bertz CT molecular complexity index is 1030. The molecule has 0 bridgehead atoms. The number of ketones is 1. The van der Waals surface area contributed by atoms with Gasteiger partial charge >= 0.3 is 5.97 Å². The van der Waals surface area contributed by atoms with Gasteiger partial charge in [0.25, 0.3) is 0 Å². The first-order valence-electron chi connectivity index (χ1n) is 10.5. The third-order valence-corrected chi connectivity index (χ3v) is 6.24. The Hall–Kier alpha value is -2.88. The molecule has 4 heteroatoms. The van der Waals surface area contributed by atoms with E-state index in [2.05, 4.69) is 4.98 Å². The van der Waals surface area contributed by atoms with Crippen molar-refractivity contribution in [3.8, 4) is 0 Å². The SMILES string of the molecule is Cc1ccc2[nH]cc(C(CC(=O)c3ccc(C4CCCCC4)cc3)C(=O)O)c2c1. The molecule has 1 saturated carbocycles. The molecule has 1 aliphatic carbocycles. The lowest BCUT2D eigenvalue weighted by atomic mass is 9.83. The van der Waals surface area contributed by atoms with Crippen molar-refractivity contribution < 1.29 is 14.7 Å². The van der Waals surface area contributed by atoms with E-state index in [0.717, 1.165) is 16.5 Å². The van der Waals surface area contributed by atoms with Crippen molar-refractivity contribution in [3.05, 3.63) is 70.9 Å². The number of aliphatic carboxylic acids is 1. The summed E-state index contributed by atoms with van der Waals surface area (Å²) in [5.41, 5.74) is 4.51. The smallest absolute Gasteiger partial charge is 0.311 e. The molecule has 2 aromatic carbocycles. The van der Waals surface area contributed by atoms with Gasteiger partial charge in [-0.2, -0.15) is 0 Å². The van der Waals surface area contributed by atoms with Gasteiger partial charge in [-0.05, 0) is 48.9 Å². The summed E-state index contributed by atoms with van der Waals surface area (Å²) in [5.74, 6) is -1.38. The number of aryl methyl sites for hydroxylation is 1. The zero-order chi connectivity index (χ0) is 20.4. The minimum Gasteiger partial charge on any atom is -0.481 e. The fraction of sp³-hybridized carbons (Fsp3) is 0.360. The zero-order valence-corrected chi connectivity index (χ0v) is 16.8. The summed E-state index contributed by atoms with van der Waals surface area (Å²) in [4.78, 5) is 28.0. The van der Waals surface area contributed by atoms with E-state index >= 15 is 0 Å². The molecule has 3 aromatic rings. The Labute approximate surface area is 171 Å². The topological polar surface area (TPSA) is 70.2 Å². The van der Waals surface area contributed by atoms with Gasteiger partial charge in [-0.15, -0.1) is 0 Å². The van der Waals surface area contributed by atoms with Crippen molar-refractivity contribution in [1.29, 1.82) is 0 Å². The summed E-state index contributed by atoms with van der Waals surface area (Å²) >= 11 is 0. The molecule has 1 atom stereocenters. The summed E-state index contributed by atoms with van der Waals surface area (Å²) in [6.45, 7) is 1.98. The van der Waals surface area contributed by atoms with E-state index in [1.54, 1.807) is 6.20 Å². The van der Waals surface area contributed by atoms with Gasteiger partial charge in [0.05, 0.1) is 5.92 Å². The average molecular weight is 389 g/mol. The highest BCUT2D eigenvalue weighted by Gasteiger charge is 2.26. The number of H-pyrrole nitrogens is 1. The van der Waals surface area contributed by atoms with Crippen LogP contribution in [0.3, 0.4) is 0 Å². The monoisotopic (exact) mass is 389 g/mol. The normalized spacial score (nSPS) is 16.0. The predicted molar refractivity (Wildman–Crippen MR) is 115 cm³/mol. The van der Waals surface area contributed by atoms with Gasteiger partial charge in [-0.3, -0.25) is 9.59 Å². The summed E-state index contributed by atoms with van der Waals surface area (Å²) in [5, 5.41) is 10.7. The Morgan fingerprint density at radius 1 is 1.07 bits per heavy atom. The van der Waals surface area contributed by atoms with Crippen molar-refractivity contribution >= 4 is 22.7 Å². The number of nitrogens with one attached hydrogen (secondary N) is 1. The summed E-state index contributed by atoms with van der Waals surface area (Å²) in [6.07, 6.45) is 7.98. The van der Waals surface area contributed by atoms with Gasteiger partial charge in [0, 0.05) is 29.1 Å². The average Bonchev–Trinajstić information content (AvgIpc) is 3.15. The minimum absolute atomic E-state index is 0.0427. The molecule has 2 N–H and O–H groups in total. The highest BCUT2D eigenvalue weighted by Crippen LogP contribution is 2.33. The lowest BCUT2D eigenvalue weighted by molar-refractivity contribution is -0.138. The number of carboxylic acid groups (broad SMARTS) is 1. The number of carbonyl (C=O) groups excluding carboxylic acids is 1. The molecule has 4 nitrogen and oxygen atoms in total. The van der Waals surface area contributed by atoms with Crippen molar-refractivity contribution in [1.82, 2.24) is 4.98 Å². The van der Waals surface area contributed by atoms with Crippen LogP contribution in [0.1, 0.15) is 77.4 Å². The van der Waals surface area contributed by atoms with Crippen LogP contribution in [0, 0.1) is 6.92 Å². The quantitative estimate of drug-likeness (QED) is 0.511. The molecule has 150 valence electrons. The van der Waals surface area contributed by atoms with E-state index in [-0.39, 0.29) is 12.2 Å². The predicted octanol–water partition coefficient (Wildman–Crippen LogP) is 5.97.